The highest BCUT2D eigenvalue weighted by Crippen LogP contribution is 2.29. The van der Waals surface area contributed by atoms with Crippen molar-refractivity contribution in [2.24, 2.45) is 5.92 Å². The van der Waals surface area contributed by atoms with E-state index < -0.39 is 29.1 Å². The van der Waals surface area contributed by atoms with E-state index in [1.807, 2.05) is 0 Å². The van der Waals surface area contributed by atoms with E-state index in [-0.39, 0.29) is 18.0 Å². The second-order valence-electron chi connectivity index (χ2n) is 7.88. The monoisotopic (exact) mass is 367 g/mol. The van der Waals surface area contributed by atoms with Gasteiger partial charge in [0, 0.05) is 19.0 Å². The minimum atomic E-state index is -0.747. The summed E-state index contributed by atoms with van der Waals surface area (Å²) in [5.41, 5.74) is -0.908. The zero-order valence-corrected chi connectivity index (χ0v) is 15.9. The van der Waals surface area contributed by atoms with E-state index in [1.54, 1.807) is 25.7 Å². The van der Waals surface area contributed by atoms with Crippen molar-refractivity contribution < 1.29 is 23.1 Å². The minimum Gasteiger partial charge on any atom is -0.444 e. The first kappa shape index (κ1) is 20.3. The van der Waals surface area contributed by atoms with Crippen LogP contribution in [0.1, 0.15) is 63.7 Å². The molecule has 1 aromatic carbocycles. The van der Waals surface area contributed by atoms with Crippen LogP contribution in [-0.4, -0.2) is 35.0 Å². The largest absolute Gasteiger partial charge is 0.444 e. The van der Waals surface area contributed by atoms with Crippen molar-refractivity contribution in [2.75, 3.05) is 6.54 Å². The Morgan fingerprint density at radius 3 is 2.58 bits per heavy atom. The lowest BCUT2D eigenvalue weighted by Crippen LogP contribution is -2.48. The maximum atomic E-state index is 13.9. The number of amides is 1. The molecule has 26 heavy (non-hydrogen) atoms. The molecule has 0 spiro atoms. The van der Waals surface area contributed by atoms with Crippen LogP contribution in [0.2, 0.25) is 0 Å². The molecule has 1 aliphatic rings. The normalized spacial score (nSPS) is 20.8. The van der Waals surface area contributed by atoms with E-state index in [4.69, 9.17) is 4.74 Å². The topological polar surface area (TPSA) is 46.6 Å². The lowest BCUT2D eigenvalue weighted by atomic mass is 9.86. The van der Waals surface area contributed by atoms with E-state index in [0.717, 1.165) is 31.0 Å². The van der Waals surface area contributed by atoms with Crippen molar-refractivity contribution in [3.05, 3.63) is 35.4 Å². The Morgan fingerprint density at radius 2 is 1.96 bits per heavy atom. The molecule has 2 unspecified atom stereocenters. The first-order valence-corrected chi connectivity index (χ1v) is 9.08. The molecule has 0 aliphatic carbocycles. The average molecular weight is 367 g/mol. The van der Waals surface area contributed by atoms with Gasteiger partial charge in [-0.15, -0.1) is 0 Å². The van der Waals surface area contributed by atoms with Crippen LogP contribution >= 0.6 is 0 Å². The summed E-state index contributed by atoms with van der Waals surface area (Å²) in [4.78, 5) is 26.6. The predicted molar refractivity (Wildman–Crippen MR) is 95.0 cm³/mol. The molecule has 6 heteroatoms. The third-order valence-electron chi connectivity index (χ3n) is 4.68. The van der Waals surface area contributed by atoms with Gasteiger partial charge in [-0.2, -0.15) is 0 Å². The Balaban J connectivity index is 2.18. The van der Waals surface area contributed by atoms with Gasteiger partial charge in [0.15, 0.2) is 5.78 Å². The lowest BCUT2D eigenvalue weighted by Gasteiger charge is -2.39. The molecule has 1 fully saturated rings. The van der Waals surface area contributed by atoms with Gasteiger partial charge < -0.3 is 9.64 Å². The Morgan fingerprint density at radius 1 is 1.27 bits per heavy atom. The molecule has 0 N–H and O–H groups in total. The number of benzene rings is 1. The first-order valence-electron chi connectivity index (χ1n) is 9.08. The van der Waals surface area contributed by atoms with Crippen molar-refractivity contribution in [1.82, 2.24) is 4.90 Å². The molecule has 1 saturated heterocycles. The maximum Gasteiger partial charge on any atom is 0.410 e. The van der Waals surface area contributed by atoms with Crippen LogP contribution in [0.4, 0.5) is 13.6 Å². The van der Waals surface area contributed by atoms with Crippen LogP contribution in [0.15, 0.2) is 18.2 Å². The zero-order valence-electron chi connectivity index (χ0n) is 15.9. The number of carbonyl (C=O) groups is 2. The van der Waals surface area contributed by atoms with Gasteiger partial charge in [0.05, 0.1) is 5.56 Å². The number of hydrogen-bond donors (Lipinski definition) is 0. The number of hydrogen-bond acceptors (Lipinski definition) is 3. The maximum absolute atomic E-state index is 13.9. The second kappa shape index (κ2) is 8.14. The molecular weight excluding hydrogens is 340 g/mol. The average Bonchev–Trinajstić information content (AvgIpc) is 2.55. The number of piperidine rings is 1. The van der Waals surface area contributed by atoms with E-state index >= 15 is 0 Å². The van der Waals surface area contributed by atoms with E-state index in [1.165, 1.54) is 0 Å². The Bertz CT molecular complexity index is 670. The van der Waals surface area contributed by atoms with Crippen molar-refractivity contribution in [2.45, 2.75) is 65.0 Å². The summed E-state index contributed by atoms with van der Waals surface area (Å²) in [5, 5.41) is 0. The summed E-state index contributed by atoms with van der Waals surface area (Å²) in [6, 6.07) is 2.46. The molecule has 1 aliphatic heterocycles. The molecule has 1 aromatic rings. The van der Waals surface area contributed by atoms with Crippen LogP contribution in [0.3, 0.4) is 0 Å². The van der Waals surface area contributed by atoms with Gasteiger partial charge in [-0.1, -0.05) is 13.3 Å². The van der Waals surface area contributed by atoms with Crippen LogP contribution in [-0.2, 0) is 4.74 Å². The highest BCUT2D eigenvalue weighted by Gasteiger charge is 2.35. The number of rotatable bonds is 4. The Kier molecular flexibility index (Phi) is 6.37. The molecule has 2 atom stereocenters. The lowest BCUT2D eigenvalue weighted by molar-refractivity contribution is 0.00396. The molecule has 0 bridgehead atoms. The predicted octanol–water partition coefficient (Wildman–Crippen LogP) is 4.96. The molecular formula is C20H27F2NO3. The fourth-order valence-electron chi connectivity index (χ4n) is 3.29. The second-order valence-corrected chi connectivity index (χ2v) is 7.88. The number of carbonyl (C=O) groups excluding carboxylic acids is 2. The summed E-state index contributed by atoms with van der Waals surface area (Å²) >= 11 is 0. The molecule has 2 rings (SSSR count). The van der Waals surface area contributed by atoms with Gasteiger partial charge >= 0.3 is 6.09 Å². The summed E-state index contributed by atoms with van der Waals surface area (Å²) in [5.74, 6) is -1.52. The Labute approximate surface area is 153 Å². The Hall–Kier alpha value is -1.98. The molecule has 0 saturated carbocycles. The number of nitrogens with zero attached hydrogens (tertiary/aromatic N) is 1. The molecule has 144 valence electrons. The van der Waals surface area contributed by atoms with E-state index in [9.17, 15) is 18.4 Å². The highest BCUT2D eigenvalue weighted by atomic mass is 19.1. The smallest absolute Gasteiger partial charge is 0.410 e. The van der Waals surface area contributed by atoms with Crippen LogP contribution < -0.4 is 0 Å². The number of ketones is 1. The SMILES string of the molecule is CCC1CCN(C(=O)OC(C)(C)C)C(CC(=O)c2cc(F)ccc2F)C1. The molecule has 0 aromatic heterocycles. The van der Waals surface area contributed by atoms with Gasteiger partial charge in [-0.05, 0) is 57.7 Å². The van der Waals surface area contributed by atoms with E-state index in [0.29, 0.717) is 18.9 Å². The van der Waals surface area contributed by atoms with Crippen molar-refractivity contribution in [3.8, 4) is 0 Å². The summed E-state index contributed by atoms with van der Waals surface area (Å²) in [7, 11) is 0. The van der Waals surface area contributed by atoms with Crippen LogP contribution in [0.25, 0.3) is 0 Å². The van der Waals surface area contributed by atoms with Gasteiger partial charge in [-0.3, -0.25) is 4.79 Å². The standard InChI is InChI=1S/C20H27F2NO3/c1-5-13-8-9-23(19(25)26-20(2,3)4)15(10-13)12-18(24)16-11-14(21)6-7-17(16)22/h6-7,11,13,15H,5,8-10,12H2,1-4H3. The summed E-state index contributed by atoms with van der Waals surface area (Å²) in [6.07, 6.45) is 1.93. The number of halogens is 2. The summed E-state index contributed by atoms with van der Waals surface area (Å²) < 4.78 is 32.7. The number of likely N-dealkylation sites (tertiary alicyclic amines) is 1. The van der Waals surface area contributed by atoms with Gasteiger partial charge in [0.1, 0.15) is 17.2 Å². The fraction of sp³-hybridized carbons (Fsp3) is 0.600. The molecule has 0 radical (unpaired) electrons. The van der Waals surface area contributed by atoms with Crippen molar-refractivity contribution in [1.29, 1.82) is 0 Å². The molecule has 1 amide bonds. The minimum absolute atomic E-state index is 0.0455. The number of Topliss-reactive ketones (excluding diaryl/α,β-unsaturated/α-hetero) is 1. The van der Waals surface area contributed by atoms with Crippen molar-refractivity contribution >= 4 is 11.9 Å². The molecule has 4 nitrogen and oxygen atoms in total. The highest BCUT2D eigenvalue weighted by molar-refractivity contribution is 5.97. The van der Waals surface area contributed by atoms with Gasteiger partial charge in [0.2, 0.25) is 0 Å². The van der Waals surface area contributed by atoms with Gasteiger partial charge in [0.25, 0.3) is 0 Å². The van der Waals surface area contributed by atoms with E-state index in [2.05, 4.69) is 6.92 Å². The molecule has 1 heterocycles. The third kappa shape index (κ3) is 5.26. The van der Waals surface area contributed by atoms with Crippen molar-refractivity contribution in [3.63, 3.8) is 0 Å². The van der Waals surface area contributed by atoms with Crippen LogP contribution in [0, 0.1) is 17.6 Å². The third-order valence-corrected chi connectivity index (χ3v) is 4.68. The fourth-order valence-corrected chi connectivity index (χ4v) is 3.29. The van der Waals surface area contributed by atoms with Crippen LogP contribution in [0.5, 0.6) is 0 Å². The summed E-state index contributed by atoms with van der Waals surface area (Å²) in [6.45, 7) is 7.92. The van der Waals surface area contributed by atoms with Gasteiger partial charge in [-0.25, -0.2) is 13.6 Å². The number of ether oxygens (including phenoxy) is 1. The zero-order chi connectivity index (χ0) is 19.5. The first-order chi connectivity index (χ1) is 12.1. The quantitative estimate of drug-likeness (QED) is 0.707.